The van der Waals surface area contributed by atoms with E-state index in [0.717, 1.165) is 48.6 Å². The predicted molar refractivity (Wildman–Crippen MR) is 85.2 cm³/mol. The molecule has 0 heterocycles. The largest absolute Gasteiger partial charge is 0.478 e. The van der Waals surface area contributed by atoms with E-state index in [2.05, 4.69) is 12.2 Å². The van der Waals surface area contributed by atoms with Crippen LogP contribution in [0, 0.1) is 6.92 Å². The molecule has 1 aromatic rings. The van der Waals surface area contributed by atoms with Crippen molar-refractivity contribution in [3.8, 4) is 0 Å². The lowest BCUT2D eigenvalue weighted by Crippen LogP contribution is -2.12. The van der Waals surface area contributed by atoms with E-state index in [1.165, 1.54) is 6.08 Å². The monoisotopic (exact) mass is 289 g/mol. The number of unbranched alkanes of at least 4 members (excludes halogenated alkanes) is 3. The second-order valence-electron chi connectivity index (χ2n) is 5.10. The number of nitrogens with one attached hydrogen (secondary N) is 1. The molecule has 0 aliphatic rings. The van der Waals surface area contributed by atoms with Gasteiger partial charge >= 0.3 is 5.97 Å². The summed E-state index contributed by atoms with van der Waals surface area (Å²) >= 11 is 0. The minimum atomic E-state index is -0.975. The van der Waals surface area contributed by atoms with E-state index >= 15 is 0 Å². The Morgan fingerprint density at radius 2 is 2.00 bits per heavy atom. The average molecular weight is 289 g/mol. The van der Waals surface area contributed by atoms with Crippen molar-refractivity contribution in [2.45, 2.75) is 46.0 Å². The van der Waals surface area contributed by atoms with E-state index in [0.29, 0.717) is 6.42 Å². The fourth-order valence-electron chi connectivity index (χ4n) is 2.02. The highest BCUT2D eigenvalue weighted by Gasteiger charge is 2.05. The third kappa shape index (κ3) is 6.75. The van der Waals surface area contributed by atoms with Crippen molar-refractivity contribution >= 4 is 23.6 Å². The van der Waals surface area contributed by atoms with Gasteiger partial charge in [-0.05, 0) is 42.7 Å². The number of carboxylic acids is 1. The number of carbonyl (C=O) groups is 2. The van der Waals surface area contributed by atoms with E-state index in [1.54, 1.807) is 12.1 Å². The molecule has 0 radical (unpaired) electrons. The molecular formula is C17H23NO3. The van der Waals surface area contributed by atoms with Gasteiger partial charge in [0.25, 0.3) is 0 Å². The standard InChI is InChI=1S/C17H23NO3/c1-3-4-5-6-7-16(19)18-15-10-8-14(12-13(15)2)9-11-17(20)21/h8-12H,3-7H2,1-2H3,(H,18,19)(H,20,21)/b11-9+. The van der Waals surface area contributed by atoms with Gasteiger partial charge in [-0.15, -0.1) is 0 Å². The highest BCUT2D eigenvalue weighted by atomic mass is 16.4. The lowest BCUT2D eigenvalue weighted by atomic mass is 10.1. The molecule has 114 valence electrons. The topological polar surface area (TPSA) is 66.4 Å². The molecule has 0 spiro atoms. The molecule has 0 saturated carbocycles. The Bertz CT molecular complexity index is 521. The van der Waals surface area contributed by atoms with Gasteiger partial charge in [-0.3, -0.25) is 4.79 Å². The van der Waals surface area contributed by atoms with Gasteiger partial charge in [0.05, 0.1) is 0 Å². The minimum Gasteiger partial charge on any atom is -0.478 e. The highest BCUT2D eigenvalue weighted by molar-refractivity contribution is 5.91. The molecular weight excluding hydrogens is 266 g/mol. The first-order chi connectivity index (χ1) is 10.0. The van der Waals surface area contributed by atoms with Crippen LogP contribution >= 0.6 is 0 Å². The van der Waals surface area contributed by atoms with Crippen LogP contribution in [0.4, 0.5) is 5.69 Å². The summed E-state index contributed by atoms with van der Waals surface area (Å²) in [6.07, 6.45) is 7.50. The third-order valence-corrected chi connectivity index (χ3v) is 3.20. The van der Waals surface area contributed by atoms with Crippen molar-refractivity contribution in [3.05, 3.63) is 35.4 Å². The Balaban J connectivity index is 2.56. The molecule has 0 aliphatic carbocycles. The maximum absolute atomic E-state index is 11.8. The minimum absolute atomic E-state index is 0.0306. The lowest BCUT2D eigenvalue weighted by Gasteiger charge is -2.09. The van der Waals surface area contributed by atoms with Crippen LogP contribution in [0.3, 0.4) is 0 Å². The third-order valence-electron chi connectivity index (χ3n) is 3.20. The summed E-state index contributed by atoms with van der Waals surface area (Å²) in [6.45, 7) is 4.04. The Labute approximate surface area is 125 Å². The van der Waals surface area contributed by atoms with Gasteiger partial charge in [0.2, 0.25) is 5.91 Å². The predicted octanol–water partition coefficient (Wildman–Crippen LogP) is 4.00. The van der Waals surface area contributed by atoms with Gasteiger partial charge in [0, 0.05) is 18.2 Å². The van der Waals surface area contributed by atoms with Crippen molar-refractivity contribution < 1.29 is 14.7 Å². The Morgan fingerprint density at radius 3 is 2.62 bits per heavy atom. The van der Waals surface area contributed by atoms with Crippen LogP contribution in [0.15, 0.2) is 24.3 Å². The summed E-state index contributed by atoms with van der Waals surface area (Å²) in [5, 5.41) is 11.5. The number of carbonyl (C=O) groups excluding carboxylic acids is 1. The lowest BCUT2D eigenvalue weighted by molar-refractivity contribution is -0.131. The molecule has 0 saturated heterocycles. The van der Waals surface area contributed by atoms with Gasteiger partial charge < -0.3 is 10.4 Å². The zero-order valence-electron chi connectivity index (χ0n) is 12.7. The van der Waals surface area contributed by atoms with Crippen LogP contribution in [-0.2, 0) is 9.59 Å². The molecule has 0 fully saturated rings. The summed E-state index contributed by atoms with van der Waals surface area (Å²) in [7, 11) is 0. The van der Waals surface area contributed by atoms with E-state index < -0.39 is 5.97 Å². The van der Waals surface area contributed by atoms with Crippen LogP contribution in [0.25, 0.3) is 6.08 Å². The number of anilines is 1. The number of aryl methyl sites for hydroxylation is 1. The molecule has 0 bridgehead atoms. The fraction of sp³-hybridized carbons (Fsp3) is 0.412. The molecule has 1 rings (SSSR count). The van der Waals surface area contributed by atoms with Crippen LogP contribution in [0.2, 0.25) is 0 Å². The van der Waals surface area contributed by atoms with Crippen molar-refractivity contribution in [1.82, 2.24) is 0 Å². The maximum Gasteiger partial charge on any atom is 0.328 e. The second kappa shape index (κ2) is 8.95. The molecule has 0 aliphatic heterocycles. The van der Waals surface area contributed by atoms with Gasteiger partial charge in [0.1, 0.15) is 0 Å². The van der Waals surface area contributed by atoms with Crippen molar-refractivity contribution in [2.24, 2.45) is 0 Å². The molecule has 0 atom stereocenters. The number of amides is 1. The summed E-state index contributed by atoms with van der Waals surface area (Å²) < 4.78 is 0. The Morgan fingerprint density at radius 1 is 1.24 bits per heavy atom. The molecule has 1 aromatic carbocycles. The molecule has 0 aromatic heterocycles. The Hall–Kier alpha value is -2.10. The Kier molecular flexibility index (Phi) is 7.23. The van der Waals surface area contributed by atoms with E-state index in [9.17, 15) is 9.59 Å². The van der Waals surface area contributed by atoms with Crippen LogP contribution in [0.5, 0.6) is 0 Å². The van der Waals surface area contributed by atoms with Crippen LogP contribution < -0.4 is 5.32 Å². The summed E-state index contributed by atoms with van der Waals surface area (Å²) in [4.78, 5) is 22.3. The number of rotatable bonds is 8. The molecule has 4 heteroatoms. The van der Waals surface area contributed by atoms with Gasteiger partial charge in [0.15, 0.2) is 0 Å². The van der Waals surface area contributed by atoms with Crippen molar-refractivity contribution in [2.75, 3.05) is 5.32 Å². The van der Waals surface area contributed by atoms with Gasteiger partial charge in [-0.1, -0.05) is 32.3 Å². The zero-order valence-corrected chi connectivity index (χ0v) is 12.7. The average Bonchev–Trinajstić information content (AvgIpc) is 2.44. The maximum atomic E-state index is 11.8. The first kappa shape index (κ1) is 17.0. The summed E-state index contributed by atoms with van der Waals surface area (Å²) in [6, 6.07) is 5.45. The highest BCUT2D eigenvalue weighted by Crippen LogP contribution is 2.18. The smallest absolute Gasteiger partial charge is 0.328 e. The summed E-state index contributed by atoms with van der Waals surface area (Å²) in [5.41, 5.74) is 2.50. The zero-order chi connectivity index (χ0) is 15.7. The van der Waals surface area contributed by atoms with E-state index in [4.69, 9.17) is 5.11 Å². The number of hydrogen-bond donors (Lipinski definition) is 2. The SMILES string of the molecule is CCCCCCC(=O)Nc1ccc(/C=C/C(=O)O)cc1C. The normalized spacial score (nSPS) is 10.8. The molecule has 0 unspecified atom stereocenters. The van der Waals surface area contributed by atoms with E-state index in [-0.39, 0.29) is 5.91 Å². The van der Waals surface area contributed by atoms with Gasteiger partial charge in [-0.2, -0.15) is 0 Å². The molecule has 21 heavy (non-hydrogen) atoms. The van der Waals surface area contributed by atoms with Gasteiger partial charge in [-0.25, -0.2) is 4.79 Å². The first-order valence-electron chi connectivity index (χ1n) is 7.34. The first-order valence-corrected chi connectivity index (χ1v) is 7.34. The number of aliphatic carboxylic acids is 1. The quantitative estimate of drug-likeness (QED) is 0.561. The van der Waals surface area contributed by atoms with Crippen molar-refractivity contribution in [1.29, 1.82) is 0 Å². The molecule has 4 nitrogen and oxygen atoms in total. The van der Waals surface area contributed by atoms with Crippen LogP contribution in [0.1, 0.15) is 50.2 Å². The molecule has 2 N–H and O–H groups in total. The van der Waals surface area contributed by atoms with E-state index in [1.807, 2.05) is 13.0 Å². The van der Waals surface area contributed by atoms with Crippen molar-refractivity contribution in [3.63, 3.8) is 0 Å². The van der Waals surface area contributed by atoms with Crippen LogP contribution in [-0.4, -0.2) is 17.0 Å². The fourth-order valence-corrected chi connectivity index (χ4v) is 2.02. The molecule has 1 amide bonds. The number of benzene rings is 1. The second-order valence-corrected chi connectivity index (χ2v) is 5.10. The number of hydrogen-bond acceptors (Lipinski definition) is 2. The number of carboxylic acid groups (broad SMARTS) is 1. The summed E-state index contributed by atoms with van der Waals surface area (Å²) in [5.74, 6) is -0.944.